The standard InChI is InChI=1S/C22H22O3.C2H6.CH4/c23-19-10-11-22(14-15-4-2-1-3-5-15)18(13-19)8-6-16-12-17(21(24)25)7-9-20(16)22;1-2;/h1-5,7,9,12,18H,6,8,10-11,13-14H2,(H,24,25);1-2H3;1H4/t18?,22-;;/m0../s1. The van der Waals surface area contributed by atoms with Gasteiger partial charge < -0.3 is 5.11 Å². The Kier molecular flexibility index (Phi) is 7.17. The number of ketones is 1. The summed E-state index contributed by atoms with van der Waals surface area (Å²) in [5, 5.41) is 9.31. The highest BCUT2D eigenvalue weighted by atomic mass is 16.4. The second-order valence-corrected chi connectivity index (χ2v) is 7.47. The molecule has 1 unspecified atom stereocenters. The van der Waals surface area contributed by atoms with E-state index in [1.165, 1.54) is 11.1 Å². The van der Waals surface area contributed by atoms with Crippen LogP contribution in [0.1, 0.15) is 74.0 Å². The fourth-order valence-electron chi connectivity index (χ4n) is 4.91. The quantitative estimate of drug-likeness (QED) is 0.727. The van der Waals surface area contributed by atoms with E-state index in [1.54, 1.807) is 6.07 Å². The zero-order valence-corrected chi connectivity index (χ0v) is 16.2. The minimum absolute atomic E-state index is 0. The van der Waals surface area contributed by atoms with Gasteiger partial charge in [0.25, 0.3) is 0 Å². The highest BCUT2D eigenvalue weighted by Crippen LogP contribution is 2.51. The number of fused-ring (bicyclic) bond motifs is 3. The Bertz CT molecular complexity index is 825. The van der Waals surface area contributed by atoms with Crippen molar-refractivity contribution in [1.82, 2.24) is 0 Å². The van der Waals surface area contributed by atoms with Gasteiger partial charge in [-0.05, 0) is 60.4 Å². The first-order valence-electron chi connectivity index (χ1n) is 10.0. The molecule has 0 spiro atoms. The van der Waals surface area contributed by atoms with Gasteiger partial charge in [0.05, 0.1) is 5.56 Å². The van der Waals surface area contributed by atoms with Crippen molar-refractivity contribution in [3.63, 3.8) is 0 Å². The topological polar surface area (TPSA) is 54.4 Å². The summed E-state index contributed by atoms with van der Waals surface area (Å²) in [6, 6.07) is 16.0. The van der Waals surface area contributed by atoms with Crippen molar-refractivity contribution in [2.45, 2.75) is 65.2 Å². The van der Waals surface area contributed by atoms with Crippen LogP contribution in [0.3, 0.4) is 0 Å². The van der Waals surface area contributed by atoms with Crippen molar-refractivity contribution in [3.05, 3.63) is 70.8 Å². The average Bonchev–Trinajstić information content (AvgIpc) is 2.70. The van der Waals surface area contributed by atoms with E-state index in [-0.39, 0.29) is 12.8 Å². The number of hydrogen-bond acceptors (Lipinski definition) is 2. The summed E-state index contributed by atoms with van der Waals surface area (Å²) >= 11 is 0. The lowest BCUT2D eigenvalue weighted by atomic mass is 9.55. The Balaban J connectivity index is 0.000000906. The van der Waals surface area contributed by atoms with E-state index < -0.39 is 5.97 Å². The van der Waals surface area contributed by atoms with Crippen LogP contribution in [0.15, 0.2) is 48.5 Å². The number of hydrogen-bond donors (Lipinski definition) is 1. The van der Waals surface area contributed by atoms with Gasteiger partial charge in [-0.1, -0.05) is 57.7 Å². The number of benzene rings is 2. The van der Waals surface area contributed by atoms with Crippen LogP contribution in [0.5, 0.6) is 0 Å². The molecule has 0 aliphatic heterocycles. The number of carboxylic acid groups (broad SMARTS) is 1. The monoisotopic (exact) mass is 380 g/mol. The van der Waals surface area contributed by atoms with Crippen molar-refractivity contribution in [2.24, 2.45) is 5.92 Å². The Morgan fingerprint density at radius 2 is 1.82 bits per heavy atom. The second kappa shape index (κ2) is 9.18. The molecule has 0 saturated heterocycles. The number of Topliss-reactive ketones (excluding diaryl/α,β-unsaturated/α-hetero) is 1. The molecule has 2 aliphatic carbocycles. The van der Waals surface area contributed by atoms with E-state index in [0.717, 1.165) is 31.2 Å². The molecule has 0 radical (unpaired) electrons. The van der Waals surface area contributed by atoms with E-state index in [2.05, 4.69) is 24.3 Å². The lowest BCUT2D eigenvalue weighted by Gasteiger charge is -2.48. The van der Waals surface area contributed by atoms with Gasteiger partial charge >= 0.3 is 5.97 Å². The zero-order valence-electron chi connectivity index (χ0n) is 16.2. The molecule has 28 heavy (non-hydrogen) atoms. The van der Waals surface area contributed by atoms with Crippen LogP contribution in [-0.2, 0) is 23.1 Å². The average molecular weight is 381 g/mol. The molecule has 2 aromatic rings. The predicted molar refractivity (Wildman–Crippen MR) is 114 cm³/mol. The van der Waals surface area contributed by atoms with Gasteiger partial charge in [0.1, 0.15) is 5.78 Å². The van der Waals surface area contributed by atoms with Gasteiger partial charge in [-0.3, -0.25) is 4.79 Å². The van der Waals surface area contributed by atoms with Crippen LogP contribution in [0.4, 0.5) is 0 Å². The van der Waals surface area contributed by atoms with Gasteiger partial charge in [0, 0.05) is 18.3 Å². The van der Waals surface area contributed by atoms with Crippen molar-refractivity contribution >= 4 is 11.8 Å². The van der Waals surface area contributed by atoms with E-state index in [1.807, 2.05) is 32.0 Å². The summed E-state index contributed by atoms with van der Waals surface area (Å²) in [6.45, 7) is 4.00. The van der Waals surface area contributed by atoms with Gasteiger partial charge in [-0.2, -0.15) is 0 Å². The first-order chi connectivity index (χ1) is 13.1. The number of carboxylic acids is 1. The normalized spacial score (nSPS) is 22.6. The molecular weight excluding hydrogens is 348 g/mol. The summed E-state index contributed by atoms with van der Waals surface area (Å²) in [5.41, 5.74) is 4.03. The maximum absolute atomic E-state index is 12.1. The van der Waals surface area contributed by atoms with Crippen LogP contribution >= 0.6 is 0 Å². The summed E-state index contributed by atoms with van der Waals surface area (Å²) < 4.78 is 0. The lowest BCUT2D eigenvalue weighted by Crippen LogP contribution is -2.46. The number of rotatable bonds is 3. The summed E-state index contributed by atoms with van der Waals surface area (Å²) in [5.74, 6) is -0.141. The lowest BCUT2D eigenvalue weighted by molar-refractivity contribution is -0.123. The molecule has 1 saturated carbocycles. The molecular formula is C25H32O3. The van der Waals surface area contributed by atoms with E-state index in [9.17, 15) is 14.7 Å². The zero-order chi connectivity index (χ0) is 19.4. The molecule has 0 amide bonds. The highest BCUT2D eigenvalue weighted by Gasteiger charge is 2.47. The Morgan fingerprint density at radius 3 is 2.50 bits per heavy atom. The first-order valence-corrected chi connectivity index (χ1v) is 10.0. The van der Waals surface area contributed by atoms with E-state index >= 15 is 0 Å². The highest BCUT2D eigenvalue weighted by molar-refractivity contribution is 5.88. The minimum atomic E-state index is -0.874. The minimum Gasteiger partial charge on any atom is -0.478 e. The molecule has 2 atom stereocenters. The summed E-state index contributed by atoms with van der Waals surface area (Å²) in [7, 11) is 0. The third-order valence-electron chi connectivity index (χ3n) is 6.12. The van der Waals surface area contributed by atoms with Crippen molar-refractivity contribution in [3.8, 4) is 0 Å². The van der Waals surface area contributed by atoms with E-state index in [0.29, 0.717) is 30.1 Å². The maximum Gasteiger partial charge on any atom is 0.335 e. The Labute approximate surface area is 168 Å². The molecule has 0 aromatic heterocycles. The number of aromatic carboxylic acids is 1. The molecule has 2 aliphatic rings. The molecule has 1 N–H and O–H groups in total. The fraction of sp³-hybridized carbons (Fsp3) is 0.440. The van der Waals surface area contributed by atoms with E-state index in [4.69, 9.17) is 0 Å². The number of aryl methyl sites for hydroxylation is 1. The Hall–Kier alpha value is -2.42. The van der Waals surface area contributed by atoms with Gasteiger partial charge in [0.15, 0.2) is 0 Å². The smallest absolute Gasteiger partial charge is 0.335 e. The summed E-state index contributed by atoms with van der Waals surface area (Å²) in [4.78, 5) is 23.4. The molecule has 3 heteroatoms. The third kappa shape index (κ3) is 4.04. The van der Waals surface area contributed by atoms with Gasteiger partial charge in [-0.25, -0.2) is 4.79 Å². The molecule has 1 fully saturated rings. The number of carbonyl (C=O) groups excluding carboxylic acids is 1. The SMILES string of the molecule is C.CC.O=C1CC[C@@]2(Cc3ccccc3)c3ccc(C(=O)O)cc3CCC2C1. The van der Waals surface area contributed by atoms with Gasteiger partial charge in [0.2, 0.25) is 0 Å². The molecule has 3 nitrogen and oxygen atoms in total. The molecule has 2 aromatic carbocycles. The molecule has 0 bridgehead atoms. The fourth-order valence-corrected chi connectivity index (χ4v) is 4.91. The molecule has 150 valence electrons. The Morgan fingerprint density at radius 1 is 1.11 bits per heavy atom. The van der Waals surface area contributed by atoms with Crippen LogP contribution in [0, 0.1) is 5.92 Å². The molecule has 4 rings (SSSR count). The van der Waals surface area contributed by atoms with Crippen LogP contribution in [0.25, 0.3) is 0 Å². The van der Waals surface area contributed by atoms with Gasteiger partial charge in [-0.15, -0.1) is 0 Å². The van der Waals surface area contributed by atoms with Crippen LogP contribution < -0.4 is 0 Å². The second-order valence-electron chi connectivity index (χ2n) is 7.47. The first kappa shape index (κ1) is 21.9. The van der Waals surface area contributed by atoms with Crippen LogP contribution in [-0.4, -0.2) is 16.9 Å². The third-order valence-corrected chi connectivity index (χ3v) is 6.12. The predicted octanol–water partition coefficient (Wildman–Crippen LogP) is 5.84. The largest absolute Gasteiger partial charge is 0.478 e. The van der Waals surface area contributed by atoms with Crippen LogP contribution in [0.2, 0.25) is 0 Å². The van der Waals surface area contributed by atoms with Crippen molar-refractivity contribution in [2.75, 3.05) is 0 Å². The number of carbonyl (C=O) groups is 2. The molecule has 0 heterocycles. The van der Waals surface area contributed by atoms with Crippen molar-refractivity contribution < 1.29 is 14.7 Å². The van der Waals surface area contributed by atoms with Crippen molar-refractivity contribution in [1.29, 1.82) is 0 Å². The maximum atomic E-state index is 12.1. The summed E-state index contributed by atoms with van der Waals surface area (Å²) in [6.07, 6.45) is 4.91.